The van der Waals surface area contributed by atoms with Gasteiger partial charge in [-0.1, -0.05) is 6.07 Å². The van der Waals surface area contributed by atoms with Crippen molar-refractivity contribution < 1.29 is 13.2 Å². The molecular weight excluding hydrogens is 229 g/mol. The highest BCUT2D eigenvalue weighted by atomic mass is 19.4. The molecule has 0 bridgehead atoms. The fourth-order valence-electron chi connectivity index (χ4n) is 2.13. The summed E-state index contributed by atoms with van der Waals surface area (Å²) in [7, 11) is 0. The fourth-order valence-corrected chi connectivity index (χ4v) is 2.13. The zero-order chi connectivity index (χ0) is 12.6. The van der Waals surface area contributed by atoms with Gasteiger partial charge in [0, 0.05) is 24.8 Å². The van der Waals surface area contributed by atoms with E-state index in [1.807, 2.05) is 4.90 Å². The number of nitrogens with two attached hydrogens (primary N) is 1. The largest absolute Gasteiger partial charge is 0.416 e. The Morgan fingerprint density at radius 1 is 1.35 bits per heavy atom. The average Bonchev–Trinajstić information content (AvgIpc) is 2.64. The van der Waals surface area contributed by atoms with Gasteiger partial charge in [-0.15, -0.1) is 0 Å². The van der Waals surface area contributed by atoms with Crippen molar-refractivity contribution in [3.8, 4) is 0 Å². The molecule has 0 spiro atoms. The second-order valence-corrected chi connectivity index (χ2v) is 4.49. The number of hydrogen-bond donors (Lipinski definition) is 1. The van der Waals surface area contributed by atoms with Gasteiger partial charge in [0.1, 0.15) is 0 Å². The number of anilines is 1. The van der Waals surface area contributed by atoms with E-state index in [0.717, 1.165) is 13.0 Å². The Morgan fingerprint density at radius 2 is 2.06 bits per heavy atom. The Bertz CT molecular complexity index is 415. The molecule has 1 unspecified atom stereocenters. The number of hydrogen-bond acceptors (Lipinski definition) is 2. The third-order valence-electron chi connectivity index (χ3n) is 3.12. The summed E-state index contributed by atoms with van der Waals surface area (Å²) in [4.78, 5) is 1.90. The lowest BCUT2D eigenvalue weighted by molar-refractivity contribution is -0.138. The first-order chi connectivity index (χ1) is 7.88. The van der Waals surface area contributed by atoms with Crippen molar-refractivity contribution in [2.45, 2.75) is 25.6 Å². The summed E-state index contributed by atoms with van der Waals surface area (Å²) >= 11 is 0. The molecule has 0 aliphatic carbocycles. The van der Waals surface area contributed by atoms with Crippen LogP contribution in [0.25, 0.3) is 0 Å². The monoisotopic (exact) mass is 244 g/mol. The van der Waals surface area contributed by atoms with Crippen molar-refractivity contribution in [3.05, 3.63) is 29.3 Å². The van der Waals surface area contributed by atoms with E-state index in [-0.39, 0.29) is 11.6 Å². The molecular formula is C12H15F3N2. The molecule has 1 atom stereocenters. The van der Waals surface area contributed by atoms with Crippen LogP contribution in [0.4, 0.5) is 18.9 Å². The van der Waals surface area contributed by atoms with Gasteiger partial charge < -0.3 is 10.6 Å². The highest BCUT2D eigenvalue weighted by molar-refractivity contribution is 5.52. The Morgan fingerprint density at radius 3 is 2.59 bits per heavy atom. The molecule has 0 amide bonds. The van der Waals surface area contributed by atoms with Crippen LogP contribution in [0.1, 0.15) is 17.5 Å². The first-order valence-electron chi connectivity index (χ1n) is 5.56. The van der Waals surface area contributed by atoms with Crippen molar-refractivity contribution in [2.24, 2.45) is 5.73 Å². The molecule has 17 heavy (non-hydrogen) atoms. The quantitative estimate of drug-likeness (QED) is 0.822. The molecule has 2 rings (SSSR count). The zero-order valence-corrected chi connectivity index (χ0v) is 9.59. The Kier molecular flexibility index (Phi) is 3.03. The predicted octanol–water partition coefficient (Wildman–Crippen LogP) is 2.55. The van der Waals surface area contributed by atoms with Crippen LogP contribution >= 0.6 is 0 Å². The Hall–Kier alpha value is -1.23. The second-order valence-electron chi connectivity index (χ2n) is 4.49. The molecule has 0 radical (unpaired) electrons. The van der Waals surface area contributed by atoms with Gasteiger partial charge >= 0.3 is 6.18 Å². The topological polar surface area (TPSA) is 29.3 Å². The highest BCUT2D eigenvalue weighted by Crippen LogP contribution is 2.34. The Labute approximate surface area is 98.2 Å². The third-order valence-corrected chi connectivity index (χ3v) is 3.12. The molecule has 1 aliphatic rings. The van der Waals surface area contributed by atoms with Crippen LogP contribution in [-0.2, 0) is 6.18 Å². The van der Waals surface area contributed by atoms with Crippen molar-refractivity contribution >= 4 is 5.69 Å². The summed E-state index contributed by atoms with van der Waals surface area (Å²) in [6.07, 6.45) is -3.46. The van der Waals surface area contributed by atoms with Crippen molar-refractivity contribution in [1.29, 1.82) is 0 Å². The zero-order valence-electron chi connectivity index (χ0n) is 9.59. The van der Waals surface area contributed by atoms with E-state index in [0.29, 0.717) is 12.2 Å². The van der Waals surface area contributed by atoms with Crippen LogP contribution in [-0.4, -0.2) is 19.1 Å². The summed E-state index contributed by atoms with van der Waals surface area (Å²) in [5.41, 5.74) is 6.05. The molecule has 1 fully saturated rings. The summed E-state index contributed by atoms with van der Waals surface area (Å²) in [5, 5.41) is 0. The van der Waals surface area contributed by atoms with Gasteiger partial charge in [0.15, 0.2) is 0 Å². The lowest BCUT2D eigenvalue weighted by Gasteiger charge is -2.20. The van der Waals surface area contributed by atoms with E-state index in [1.54, 1.807) is 6.07 Å². The van der Waals surface area contributed by atoms with E-state index in [2.05, 4.69) is 0 Å². The van der Waals surface area contributed by atoms with Crippen LogP contribution in [0, 0.1) is 6.92 Å². The highest BCUT2D eigenvalue weighted by Gasteiger charge is 2.33. The van der Waals surface area contributed by atoms with E-state index in [1.165, 1.54) is 19.1 Å². The van der Waals surface area contributed by atoms with Crippen LogP contribution in [0.15, 0.2) is 18.2 Å². The molecule has 1 aromatic carbocycles. The minimum atomic E-state index is -4.29. The van der Waals surface area contributed by atoms with E-state index in [4.69, 9.17) is 5.73 Å². The van der Waals surface area contributed by atoms with Gasteiger partial charge in [0.05, 0.1) is 5.56 Å². The maximum atomic E-state index is 12.7. The lowest BCUT2D eigenvalue weighted by Crippen LogP contribution is -2.26. The number of benzene rings is 1. The molecule has 1 heterocycles. The van der Waals surface area contributed by atoms with Crippen LogP contribution in [0.2, 0.25) is 0 Å². The molecule has 2 N–H and O–H groups in total. The van der Waals surface area contributed by atoms with Gasteiger partial charge in [-0.2, -0.15) is 13.2 Å². The smallest absolute Gasteiger partial charge is 0.370 e. The molecule has 0 saturated carbocycles. The van der Waals surface area contributed by atoms with E-state index in [9.17, 15) is 13.2 Å². The summed E-state index contributed by atoms with van der Waals surface area (Å²) in [6, 6.07) is 4.52. The molecule has 94 valence electrons. The average molecular weight is 244 g/mol. The fraction of sp³-hybridized carbons (Fsp3) is 0.500. The minimum Gasteiger partial charge on any atom is -0.370 e. The van der Waals surface area contributed by atoms with Gasteiger partial charge in [0.2, 0.25) is 0 Å². The van der Waals surface area contributed by atoms with Gasteiger partial charge in [-0.25, -0.2) is 0 Å². The van der Waals surface area contributed by atoms with Crippen LogP contribution in [0.3, 0.4) is 0 Å². The summed E-state index contributed by atoms with van der Waals surface area (Å²) < 4.78 is 38.2. The predicted molar refractivity (Wildman–Crippen MR) is 61.0 cm³/mol. The number of alkyl halides is 3. The minimum absolute atomic E-state index is 0.0608. The molecule has 1 aliphatic heterocycles. The summed E-state index contributed by atoms with van der Waals surface area (Å²) in [5.74, 6) is 0. The lowest BCUT2D eigenvalue weighted by atomic mass is 10.1. The Balaban J connectivity index is 2.31. The normalized spacial score (nSPS) is 21.0. The van der Waals surface area contributed by atoms with Gasteiger partial charge in [-0.05, 0) is 31.0 Å². The molecule has 2 nitrogen and oxygen atoms in total. The molecule has 1 saturated heterocycles. The van der Waals surface area contributed by atoms with Crippen molar-refractivity contribution in [3.63, 3.8) is 0 Å². The van der Waals surface area contributed by atoms with Gasteiger partial charge in [-0.3, -0.25) is 0 Å². The van der Waals surface area contributed by atoms with Crippen LogP contribution in [0.5, 0.6) is 0 Å². The molecule has 1 aromatic rings. The molecule has 5 heteroatoms. The second kappa shape index (κ2) is 4.22. The van der Waals surface area contributed by atoms with Crippen LogP contribution < -0.4 is 10.6 Å². The third kappa shape index (κ3) is 2.54. The number of rotatable bonds is 1. The van der Waals surface area contributed by atoms with Crippen molar-refractivity contribution in [1.82, 2.24) is 0 Å². The number of halogens is 3. The SMILES string of the molecule is Cc1ccc(N2CCC(N)C2)cc1C(F)(F)F. The van der Waals surface area contributed by atoms with Crippen molar-refractivity contribution in [2.75, 3.05) is 18.0 Å². The summed E-state index contributed by atoms with van der Waals surface area (Å²) in [6.45, 7) is 2.82. The maximum Gasteiger partial charge on any atom is 0.416 e. The van der Waals surface area contributed by atoms with Gasteiger partial charge in [0.25, 0.3) is 0 Å². The first-order valence-corrected chi connectivity index (χ1v) is 5.56. The number of aryl methyl sites for hydroxylation is 1. The number of nitrogens with zero attached hydrogens (tertiary/aromatic N) is 1. The molecule has 0 aromatic heterocycles. The van der Waals surface area contributed by atoms with E-state index >= 15 is 0 Å². The standard InChI is InChI=1S/C12H15F3N2/c1-8-2-3-10(6-11(8)12(13,14)15)17-5-4-9(16)7-17/h2-3,6,9H,4-5,7,16H2,1H3. The maximum absolute atomic E-state index is 12.7. The van der Waals surface area contributed by atoms with E-state index < -0.39 is 11.7 Å². The first kappa shape index (κ1) is 12.2.